The van der Waals surface area contributed by atoms with Crippen molar-refractivity contribution in [2.75, 3.05) is 13.2 Å². The van der Waals surface area contributed by atoms with E-state index in [1.165, 1.54) is 0 Å². The van der Waals surface area contributed by atoms with Gasteiger partial charge in [-0.05, 0) is 0 Å². The van der Waals surface area contributed by atoms with Gasteiger partial charge in [0.1, 0.15) is 18.8 Å². The second-order valence-electron chi connectivity index (χ2n) is 2.42. The van der Waals surface area contributed by atoms with Crippen molar-refractivity contribution in [3.05, 3.63) is 0 Å². The number of carbonyl (C=O) groups is 1. The van der Waals surface area contributed by atoms with Gasteiger partial charge in [-0.1, -0.05) is 0 Å². The van der Waals surface area contributed by atoms with Gasteiger partial charge in [0.25, 0.3) is 0 Å². The zero-order chi connectivity index (χ0) is 11.4. The number of Topliss-reactive ketones (excluding diaryl/α,β-unsaturated/α-hetero) is 1. The van der Waals surface area contributed by atoms with Gasteiger partial charge in [-0.3, -0.25) is 9.32 Å². The number of phosphoric acid groups is 1. The number of hydrogen-bond acceptors (Lipinski definition) is 6. The first-order chi connectivity index (χ1) is 6.28. The van der Waals surface area contributed by atoms with E-state index in [1.54, 1.807) is 0 Å². The summed E-state index contributed by atoms with van der Waals surface area (Å²) in [5.41, 5.74) is 0. The van der Waals surface area contributed by atoms with Crippen LogP contribution in [0.25, 0.3) is 0 Å². The van der Waals surface area contributed by atoms with E-state index in [-0.39, 0.29) is 0 Å². The predicted octanol–water partition coefficient (Wildman–Crippen LogP) is -2.62. The van der Waals surface area contributed by atoms with Crippen LogP contribution in [-0.2, 0) is 13.9 Å². The SMILES string of the molecule is O=C([13CH2]O)[C@H](O)[C@H](O)COP(=O)(O)O. The highest BCUT2D eigenvalue weighted by molar-refractivity contribution is 7.46. The first kappa shape index (κ1) is 13.7. The molecule has 0 saturated heterocycles. The second-order valence-corrected chi connectivity index (χ2v) is 3.66. The summed E-state index contributed by atoms with van der Waals surface area (Å²) in [7, 11) is -4.74. The topological polar surface area (TPSA) is 145 Å². The molecule has 0 aliphatic rings. The first-order valence-corrected chi connectivity index (χ1v) is 5.00. The maximum absolute atomic E-state index is 10.6. The molecule has 0 aromatic carbocycles. The van der Waals surface area contributed by atoms with E-state index >= 15 is 0 Å². The van der Waals surface area contributed by atoms with Crippen LogP contribution in [-0.4, -0.2) is 56.3 Å². The third-order valence-electron chi connectivity index (χ3n) is 1.26. The molecule has 0 unspecified atom stereocenters. The maximum atomic E-state index is 10.6. The van der Waals surface area contributed by atoms with Crippen molar-refractivity contribution in [3.63, 3.8) is 0 Å². The van der Waals surface area contributed by atoms with Crippen LogP contribution < -0.4 is 0 Å². The van der Waals surface area contributed by atoms with Crippen LogP contribution in [0.15, 0.2) is 0 Å². The van der Waals surface area contributed by atoms with Crippen molar-refractivity contribution < 1.29 is 39.0 Å². The zero-order valence-electron chi connectivity index (χ0n) is 6.98. The van der Waals surface area contributed by atoms with E-state index in [1.807, 2.05) is 0 Å². The Balaban J connectivity index is 4.02. The van der Waals surface area contributed by atoms with Crippen LogP contribution in [0.4, 0.5) is 0 Å². The number of aliphatic hydroxyl groups is 3. The van der Waals surface area contributed by atoms with Crippen LogP contribution >= 0.6 is 7.82 Å². The lowest BCUT2D eigenvalue weighted by Gasteiger charge is -2.15. The Bertz CT molecular complexity index is 234. The minimum absolute atomic E-state index is 0.906. The Labute approximate surface area is 79.0 Å². The Morgan fingerprint density at radius 1 is 1.36 bits per heavy atom. The fourth-order valence-electron chi connectivity index (χ4n) is 0.573. The summed E-state index contributed by atoms with van der Waals surface area (Å²) in [6.45, 7) is -1.88. The van der Waals surface area contributed by atoms with E-state index in [0.717, 1.165) is 0 Å². The van der Waals surface area contributed by atoms with E-state index in [2.05, 4.69) is 4.52 Å². The quantitative estimate of drug-likeness (QED) is 0.247. The third kappa shape index (κ3) is 5.40. The summed E-state index contributed by atoms with van der Waals surface area (Å²) in [4.78, 5) is 27.0. The normalized spacial score (nSPS) is 16.4. The molecule has 0 aromatic rings. The van der Waals surface area contributed by atoms with E-state index < -0.39 is 39.0 Å². The number of hydrogen-bond donors (Lipinski definition) is 5. The molecule has 0 rings (SSSR count). The molecule has 0 radical (unpaired) electrons. The standard InChI is InChI=1S/C5H11O8P/c6-1-3(7)5(9)4(8)2-13-14(10,11)12/h4-6,8-9H,1-2H2,(H2,10,11,12)/t4-,5+/m1/s1/i1+1. The summed E-state index contributed by atoms with van der Waals surface area (Å²) >= 11 is 0. The molecular weight excluding hydrogens is 220 g/mol. The average molecular weight is 231 g/mol. The van der Waals surface area contributed by atoms with Crippen molar-refractivity contribution in [1.29, 1.82) is 0 Å². The Morgan fingerprint density at radius 3 is 2.21 bits per heavy atom. The minimum atomic E-state index is -4.74. The predicted molar refractivity (Wildman–Crippen MR) is 42.1 cm³/mol. The van der Waals surface area contributed by atoms with Gasteiger partial charge in [-0.15, -0.1) is 0 Å². The molecule has 0 heterocycles. The highest BCUT2D eigenvalue weighted by Crippen LogP contribution is 2.35. The number of ketones is 1. The van der Waals surface area contributed by atoms with Crippen molar-refractivity contribution >= 4 is 13.6 Å². The summed E-state index contributed by atoms with van der Waals surface area (Å²) in [5.74, 6) is -1.06. The van der Waals surface area contributed by atoms with Crippen LogP contribution in [0.2, 0.25) is 0 Å². The summed E-state index contributed by atoms with van der Waals surface area (Å²) in [5, 5.41) is 26.1. The maximum Gasteiger partial charge on any atom is 0.469 e. The molecule has 0 aliphatic heterocycles. The van der Waals surface area contributed by atoms with E-state index in [4.69, 9.17) is 25.1 Å². The highest BCUT2D eigenvalue weighted by Gasteiger charge is 2.26. The minimum Gasteiger partial charge on any atom is -0.388 e. The molecule has 2 atom stereocenters. The molecule has 84 valence electrons. The number of aliphatic hydroxyl groups excluding tert-OH is 3. The Morgan fingerprint density at radius 2 is 1.86 bits per heavy atom. The van der Waals surface area contributed by atoms with Crippen molar-refractivity contribution in [2.45, 2.75) is 12.2 Å². The van der Waals surface area contributed by atoms with Crippen molar-refractivity contribution in [3.8, 4) is 0 Å². The molecule has 14 heavy (non-hydrogen) atoms. The largest absolute Gasteiger partial charge is 0.469 e. The van der Waals surface area contributed by atoms with Crippen LogP contribution in [0, 0.1) is 0 Å². The number of carbonyl (C=O) groups excluding carboxylic acids is 1. The molecule has 0 amide bonds. The lowest BCUT2D eigenvalue weighted by molar-refractivity contribution is -0.137. The molecular formula is C5H11O8P. The van der Waals surface area contributed by atoms with Crippen molar-refractivity contribution in [1.82, 2.24) is 0 Å². The summed E-state index contributed by atoms with van der Waals surface area (Å²) in [6, 6.07) is 0. The van der Waals surface area contributed by atoms with Gasteiger partial charge in [0, 0.05) is 0 Å². The molecule has 0 bridgehead atoms. The molecule has 8 nitrogen and oxygen atoms in total. The molecule has 0 aromatic heterocycles. The zero-order valence-corrected chi connectivity index (χ0v) is 7.87. The fourth-order valence-corrected chi connectivity index (χ4v) is 0.920. The molecule has 0 spiro atoms. The third-order valence-corrected chi connectivity index (χ3v) is 1.75. The van der Waals surface area contributed by atoms with Gasteiger partial charge < -0.3 is 25.1 Å². The second kappa shape index (κ2) is 5.52. The molecule has 0 aliphatic carbocycles. The summed E-state index contributed by atoms with van der Waals surface area (Å²) in [6.07, 6.45) is -3.71. The van der Waals surface area contributed by atoms with Gasteiger partial charge in [0.15, 0.2) is 5.78 Å². The molecule has 5 N–H and O–H groups in total. The monoisotopic (exact) mass is 231 g/mol. The van der Waals surface area contributed by atoms with Gasteiger partial charge in [0.2, 0.25) is 0 Å². The Kier molecular flexibility index (Phi) is 5.38. The molecule has 0 saturated carbocycles. The summed E-state index contributed by atoms with van der Waals surface area (Å²) < 4.78 is 14.0. The first-order valence-electron chi connectivity index (χ1n) is 3.47. The van der Waals surface area contributed by atoms with Gasteiger partial charge >= 0.3 is 7.82 Å². The van der Waals surface area contributed by atoms with E-state index in [9.17, 15) is 9.36 Å². The smallest absolute Gasteiger partial charge is 0.388 e. The highest BCUT2D eigenvalue weighted by atomic mass is 31.2. The lowest BCUT2D eigenvalue weighted by Crippen LogP contribution is -2.38. The van der Waals surface area contributed by atoms with E-state index in [0.29, 0.717) is 0 Å². The van der Waals surface area contributed by atoms with Crippen LogP contribution in [0.5, 0.6) is 0 Å². The Hall–Kier alpha value is -0.340. The van der Waals surface area contributed by atoms with Gasteiger partial charge in [0.05, 0.1) is 6.61 Å². The number of rotatable bonds is 6. The van der Waals surface area contributed by atoms with Crippen molar-refractivity contribution in [2.24, 2.45) is 0 Å². The van der Waals surface area contributed by atoms with Crippen LogP contribution in [0.3, 0.4) is 0 Å². The van der Waals surface area contributed by atoms with Gasteiger partial charge in [-0.2, -0.15) is 0 Å². The molecule has 0 fully saturated rings. The van der Waals surface area contributed by atoms with Crippen LogP contribution in [0.1, 0.15) is 0 Å². The lowest BCUT2D eigenvalue weighted by atomic mass is 10.2. The average Bonchev–Trinajstić information content (AvgIpc) is 2.10. The number of phosphoric ester groups is 1. The van der Waals surface area contributed by atoms with Gasteiger partial charge in [-0.25, -0.2) is 4.57 Å². The fraction of sp³-hybridized carbons (Fsp3) is 0.800. The molecule has 9 heteroatoms.